The molecule has 20 aromatic carbocycles. The number of hydrogen-bond donors (Lipinski definition) is 0. The maximum absolute atomic E-state index is 2.46. The molecule has 2 aliphatic rings. The van der Waals surface area contributed by atoms with E-state index < -0.39 is 0 Å². The molecule has 0 fully saturated rings. The first-order valence-corrected chi connectivity index (χ1v) is 53.0. The van der Waals surface area contributed by atoms with Gasteiger partial charge in [0.05, 0.1) is 66.2 Å². The zero-order valence-electron chi connectivity index (χ0n) is 85.3. The minimum atomic E-state index is 0. The van der Waals surface area contributed by atoms with Gasteiger partial charge in [0.25, 0.3) is 0 Å². The van der Waals surface area contributed by atoms with Gasteiger partial charge >= 0.3 is 0 Å². The minimum absolute atomic E-state index is 0. The second-order valence-corrected chi connectivity index (χ2v) is 39.2. The van der Waals surface area contributed by atoms with Crippen LogP contribution in [0.5, 0.6) is 0 Å². The highest BCUT2D eigenvalue weighted by molar-refractivity contribution is 6.27. The van der Waals surface area contributed by atoms with Crippen LogP contribution in [-0.4, -0.2) is 26.7 Å². The summed E-state index contributed by atoms with van der Waals surface area (Å²) in [6.45, 7) is 23.5. The number of nitrogens with zero attached hydrogens (tertiary/aromatic N) is 6. The van der Waals surface area contributed by atoms with Crippen LogP contribution >= 0.6 is 0 Å². The van der Waals surface area contributed by atoms with Gasteiger partial charge in [0.15, 0.2) is 0 Å². The van der Waals surface area contributed by atoms with Crippen LogP contribution in [0, 0.1) is 0 Å². The molecule has 0 radical (unpaired) electrons. The lowest BCUT2D eigenvalue weighted by Crippen LogP contribution is -1.99. The Labute approximate surface area is 861 Å². The molecule has 0 bridgehead atoms. The number of aromatic nitrogens is 6. The van der Waals surface area contributed by atoms with Crippen LogP contribution in [0.2, 0.25) is 0 Å². The van der Waals surface area contributed by atoms with Crippen LogP contribution in [0.15, 0.2) is 437 Å². The van der Waals surface area contributed by atoms with E-state index in [-0.39, 0.29) is 7.43 Å². The first-order valence-electron chi connectivity index (χ1n) is 53.0. The highest BCUT2D eigenvalue weighted by Gasteiger charge is 2.25. The van der Waals surface area contributed by atoms with Crippen LogP contribution < -0.4 is 0 Å². The summed E-state index contributed by atoms with van der Waals surface area (Å²) in [5, 5.41) is 27.0. The molecule has 720 valence electrons. The summed E-state index contributed by atoms with van der Waals surface area (Å²) >= 11 is 0. The third kappa shape index (κ3) is 16.6. The molecule has 0 spiro atoms. The molecule has 0 saturated carbocycles. The van der Waals surface area contributed by atoms with Crippen molar-refractivity contribution in [1.82, 2.24) is 26.7 Å². The molecule has 30 aromatic rings. The van der Waals surface area contributed by atoms with Crippen LogP contribution in [-0.2, 0) is 45.2 Å². The third-order valence-corrected chi connectivity index (χ3v) is 29.8. The fourth-order valence-electron chi connectivity index (χ4n) is 23.5. The van der Waals surface area contributed by atoms with E-state index in [0.29, 0.717) is 0 Å². The van der Waals surface area contributed by atoms with Crippen molar-refractivity contribution in [2.24, 2.45) is 0 Å². The molecule has 6 nitrogen and oxygen atoms in total. The van der Waals surface area contributed by atoms with E-state index in [1.165, 1.54) is 282 Å². The zero-order chi connectivity index (χ0) is 99.2. The van der Waals surface area contributed by atoms with Gasteiger partial charge in [0.2, 0.25) is 0 Å². The smallest absolute Gasteiger partial charge is 0.0620 e. The molecular formula is C141H126N6. The van der Waals surface area contributed by atoms with Gasteiger partial charge in [-0.25, -0.2) is 0 Å². The van der Waals surface area contributed by atoms with E-state index in [1.54, 1.807) is 0 Å². The van der Waals surface area contributed by atoms with E-state index in [0.717, 1.165) is 45.2 Å². The fourth-order valence-corrected chi connectivity index (χ4v) is 23.5. The molecule has 10 aromatic heterocycles. The quantitative estimate of drug-likeness (QED) is 0.159. The van der Waals surface area contributed by atoms with Gasteiger partial charge in [-0.3, -0.25) is 0 Å². The van der Waals surface area contributed by atoms with Crippen molar-refractivity contribution < 1.29 is 0 Å². The van der Waals surface area contributed by atoms with Crippen LogP contribution in [0.1, 0.15) is 140 Å². The Morgan fingerprint density at radius 2 is 0.340 bits per heavy atom. The summed E-state index contributed by atoms with van der Waals surface area (Å²) in [7, 11) is 0. The topological polar surface area (TPSA) is 27.5 Å². The Morgan fingerprint density at radius 1 is 0.163 bits per heavy atom. The third-order valence-electron chi connectivity index (χ3n) is 29.8. The largest absolute Gasteiger partial charge is 0.341 e. The lowest BCUT2D eigenvalue weighted by atomic mass is 10.1. The lowest BCUT2D eigenvalue weighted by Gasteiger charge is -2.09. The molecule has 0 N–H and O–H groups in total. The maximum atomic E-state index is 2.46. The molecule has 32 rings (SSSR count). The monoisotopic (exact) mass is 1900 g/mol. The van der Waals surface area contributed by atoms with Crippen molar-refractivity contribution in [2.45, 2.75) is 141 Å². The molecule has 0 unspecified atom stereocenters. The Hall–Kier alpha value is -16.8. The molecule has 10 heterocycles. The van der Waals surface area contributed by atoms with Gasteiger partial charge in [0, 0.05) is 143 Å². The van der Waals surface area contributed by atoms with Crippen molar-refractivity contribution in [3.63, 3.8) is 0 Å². The first kappa shape index (κ1) is 95.1. The number of benzene rings is 20. The van der Waals surface area contributed by atoms with Gasteiger partial charge in [-0.2, -0.15) is 0 Å². The standard InChI is InChI=1S/C31H20N2.3C20H15N.C14H13N.2C13H10.3C3H8.CH4/c1-4-13-27-21(8-1)22-9-2-5-14-28(22)32(27)19-20-16-17-24-26-12-7-11-25-23-10-3-6-15-29(23)33(31(25)26)30(24)18-20;3*1-2-13-10-11-15-17-8-5-7-16-14-6-3-4-9-18(14)21(20(16)17)19(15)12-13;1-2-15-13-9-5-3-7-11(13)12-8-4-6-10-14(12)15;2*1-3-7-12-10(5-1)9-11-6-2-4-8-13(11)12;3*1-3-2;/h1-18H,19H2;3*3-12H,2H2,1H3;3-10H,2H2,1H3;2*1-8H,9H2;3*3H2,1-2H3;1H4. The minimum Gasteiger partial charge on any atom is -0.341 e. The number of para-hydroxylation sites is 12. The summed E-state index contributed by atoms with van der Waals surface area (Å²) in [4.78, 5) is 0. The average molecular weight is 1900 g/mol. The fraction of sp³-hybridized carbons (Fsp3) is 0.149. The lowest BCUT2D eigenvalue weighted by molar-refractivity contribution is 0.827. The molecule has 0 amide bonds. The van der Waals surface area contributed by atoms with Crippen molar-refractivity contribution in [2.75, 3.05) is 0 Å². The maximum Gasteiger partial charge on any atom is 0.0620 e. The summed E-state index contributed by atoms with van der Waals surface area (Å²) in [6.07, 6.45) is 9.18. The van der Waals surface area contributed by atoms with Crippen LogP contribution in [0.25, 0.3) is 218 Å². The van der Waals surface area contributed by atoms with E-state index in [9.17, 15) is 0 Å². The highest BCUT2D eigenvalue weighted by atomic mass is 15.0. The number of fused-ring (bicyclic) bond motifs is 36. The molecule has 0 aliphatic heterocycles. The summed E-state index contributed by atoms with van der Waals surface area (Å²) in [6, 6.07) is 159. The SMILES string of the molecule is C.CCC.CCC.CCC.CCc1ccc2c3cccc4c5ccccc5n(c2c1)c43.CCc1ccc2c3cccc4c5ccccc5n(c2c1)c43.CCc1ccc2c3cccc4c5ccccc5n(c2c1)c43.CCn1c2ccccc2c2ccccc21.c1ccc2c(c1)Cc1ccccc1-2.c1ccc2c(c1)Cc1ccccc1-2.c1ccc2c(c1)c1ccccc1n2Cc1ccc2c3cccc4c5ccccc5n(c2c1)c43. The Balaban J connectivity index is 0.0000000979. The average Bonchev–Trinajstić information content (AvgIpc) is 1.56. The van der Waals surface area contributed by atoms with Gasteiger partial charge in [-0.1, -0.05) is 453 Å². The predicted octanol–water partition coefficient (Wildman–Crippen LogP) is 39.4. The highest BCUT2D eigenvalue weighted by Crippen LogP contribution is 2.47. The van der Waals surface area contributed by atoms with Crippen molar-refractivity contribution in [3.8, 4) is 22.3 Å². The van der Waals surface area contributed by atoms with E-state index in [2.05, 4.69) is 533 Å². The first-order chi connectivity index (χ1) is 72.1. The normalized spacial score (nSPS) is 11.7. The van der Waals surface area contributed by atoms with E-state index in [1.807, 2.05) is 0 Å². The summed E-state index contributed by atoms with van der Waals surface area (Å²) in [5.74, 6) is 0. The molecule has 6 heteroatoms. The van der Waals surface area contributed by atoms with Crippen LogP contribution in [0.4, 0.5) is 0 Å². The van der Waals surface area contributed by atoms with E-state index >= 15 is 0 Å². The second-order valence-electron chi connectivity index (χ2n) is 39.2. The van der Waals surface area contributed by atoms with E-state index in [4.69, 9.17) is 0 Å². The second kappa shape index (κ2) is 41.1. The summed E-state index contributed by atoms with van der Waals surface area (Å²) in [5.41, 5.74) is 38.2. The Bertz CT molecular complexity index is 9270. The van der Waals surface area contributed by atoms with Gasteiger partial charge in [0.1, 0.15) is 0 Å². The van der Waals surface area contributed by atoms with Gasteiger partial charge in [-0.05, 0) is 179 Å². The van der Waals surface area contributed by atoms with Crippen LogP contribution in [0.3, 0.4) is 0 Å². The van der Waals surface area contributed by atoms with Crippen molar-refractivity contribution >= 4 is 196 Å². The predicted molar refractivity (Wildman–Crippen MR) is 640 cm³/mol. The molecule has 0 saturated heterocycles. The van der Waals surface area contributed by atoms with Crippen molar-refractivity contribution in [1.29, 1.82) is 0 Å². The Morgan fingerprint density at radius 3 is 0.571 bits per heavy atom. The zero-order valence-corrected chi connectivity index (χ0v) is 85.3. The molecule has 0 atom stereocenters. The van der Waals surface area contributed by atoms with Gasteiger partial charge < -0.3 is 26.7 Å². The molecular weight excluding hydrogens is 1780 g/mol. The summed E-state index contributed by atoms with van der Waals surface area (Å²) < 4.78 is 14.6. The number of aryl methyl sites for hydroxylation is 4. The number of rotatable bonds is 6. The molecule has 2 aliphatic carbocycles. The molecule has 147 heavy (non-hydrogen) atoms. The Kier molecular flexibility index (Phi) is 26.6. The number of hydrogen-bond acceptors (Lipinski definition) is 0. The van der Waals surface area contributed by atoms with Gasteiger partial charge in [-0.15, -0.1) is 0 Å². The van der Waals surface area contributed by atoms with Crippen molar-refractivity contribution in [3.05, 3.63) is 481 Å².